The van der Waals surface area contributed by atoms with Crippen molar-refractivity contribution >= 4 is 40.7 Å². The molecule has 1 atom stereocenters. The molecule has 3 rings (SSSR count). The first kappa shape index (κ1) is 16.8. The molecule has 0 aromatic heterocycles. The van der Waals surface area contributed by atoms with Crippen LogP contribution in [0.25, 0.3) is 0 Å². The molecular weight excluding hydrogens is 347 g/mol. The van der Waals surface area contributed by atoms with Crippen LogP contribution in [0.5, 0.6) is 0 Å². The maximum Gasteiger partial charge on any atom is 0.247 e. The van der Waals surface area contributed by atoms with Gasteiger partial charge in [-0.05, 0) is 30.2 Å². The van der Waals surface area contributed by atoms with Gasteiger partial charge in [0.05, 0.1) is 10.7 Å². The molecule has 124 valence electrons. The Hall–Kier alpha value is -2.04. The average Bonchev–Trinajstić information content (AvgIpc) is 2.93. The highest BCUT2D eigenvalue weighted by molar-refractivity contribution is 6.35. The predicted octanol–water partition coefficient (Wildman–Crippen LogP) is 4.12. The van der Waals surface area contributed by atoms with Crippen LogP contribution < -0.4 is 5.32 Å². The number of halogens is 2. The lowest BCUT2D eigenvalue weighted by atomic mass is 10.1. The minimum absolute atomic E-state index is 0.0174. The van der Waals surface area contributed by atoms with E-state index < -0.39 is 6.04 Å². The zero-order chi connectivity index (χ0) is 17.1. The van der Waals surface area contributed by atoms with Gasteiger partial charge in [-0.3, -0.25) is 9.59 Å². The molecule has 1 saturated heterocycles. The van der Waals surface area contributed by atoms with E-state index in [1.807, 2.05) is 30.3 Å². The van der Waals surface area contributed by atoms with Crippen LogP contribution in [0.1, 0.15) is 18.4 Å². The van der Waals surface area contributed by atoms with Gasteiger partial charge < -0.3 is 10.2 Å². The normalized spacial score (nSPS) is 17.2. The van der Waals surface area contributed by atoms with Gasteiger partial charge in [0.2, 0.25) is 11.8 Å². The maximum absolute atomic E-state index is 12.6. The summed E-state index contributed by atoms with van der Waals surface area (Å²) in [4.78, 5) is 26.4. The Morgan fingerprint density at radius 3 is 2.67 bits per heavy atom. The van der Waals surface area contributed by atoms with Gasteiger partial charge in [-0.1, -0.05) is 53.5 Å². The number of benzene rings is 2. The fourth-order valence-electron chi connectivity index (χ4n) is 2.79. The van der Waals surface area contributed by atoms with E-state index in [1.54, 1.807) is 23.1 Å². The lowest BCUT2D eigenvalue weighted by molar-refractivity contribution is -0.133. The highest BCUT2D eigenvalue weighted by Gasteiger charge is 2.36. The van der Waals surface area contributed by atoms with Gasteiger partial charge in [-0.15, -0.1) is 0 Å². The van der Waals surface area contributed by atoms with Crippen LogP contribution in [-0.2, 0) is 16.1 Å². The van der Waals surface area contributed by atoms with Crippen molar-refractivity contribution < 1.29 is 9.59 Å². The minimum atomic E-state index is -0.507. The first-order valence-electron chi connectivity index (χ1n) is 7.64. The summed E-state index contributed by atoms with van der Waals surface area (Å²) in [5.41, 5.74) is 1.44. The SMILES string of the molecule is O=C(Nc1cc(Cl)ccc1Cl)C1CCC(=O)N1Cc1ccccc1. The number of rotatable bonds is 4. The standard InChI is InChI=1S/C18H16Cl2N2O2/c19-13-6-7-14(20)15(10-13)21-18(24)16-8-9-17(23)22(16)11-12-4-2-1-3-5-12/h1-7,10,16H,8-9,11H2,(H,21,24). The Kier molecular flexibility index (Phi) is 5.07. The Balaban J connectivity index is 1.75. The average molecular weight is 363 g/mol. The van der Waals surface area contributed by atoms with Crippen LogP contribution in [0.15, 0.2) is 48.5 Å². The summed E-state index contributed by atoms with van der Waals surface area (Å²) < 4.78 is 0. The molecule has 2 amide bonds. The first-order valence-corrected chi connectivity index (χ1v) is 8.39. The van der Waals surface area contributed by atoms with Crippen molar-refractivity contribution in [1.82, 2.24) is 4.90 Å². The van der Waals surface area contributed by atoms with Gasteiger partial charge in [0.25, 0.3) is 0 Å². The number of anilines is 1. The molecule has 24 heavy (non-hydrogen) atoms. The van der Waals surface area contributed by atoms with Crippen molar-refractivity contribution in [2.75, 3.05) is 5.32 Å². The van der Waals surface area contributed by atoms with E-state index in [1.165, 1.54) is 0 Å². The lowest BCUT2D eigenvalue weighted by Crippen LogP contribution is -2.41. The number of nitrogens with zero attached hydrogens (tertiary/aromatic N) is 1. The molecule has 2 aromatic rings. The van der Waals surface area contributed by atoms with Crippen molar-refractivity contribution in [2.24, 2.45) is 0 Å². The zero-order valence-corrected chi connectivity index (χ0v) is 14.3. The summed E-state index contributed by atoms with van der Waals surface area (Å²) in [6.45, 7) is 0.418. The number of hydrogen-bond acceptors (Lipinski definition) is 2. The predicted molar refractivity (Wildman–Crippen MR) is 95.1 cm³/mol. The minimum Gasteiger partial charge on any atom is -0.326 e. The van der Waals surface area contributed by atoms with E-state index in [4.69, 9.17) is 23.2 Å². The van der Waals surface area contributed by atoms with Crippen molar-refractivity contribution in [3.05, 3.63) is 64.1 Å². The fourth-order valence-corrected chi connectivity index (χ4v) is 3.13. The van der Waals surface area contributed by atoms with E-state index in [0.29, 0.717) is 35.1 Å². The fraction of sp³-hybridized carbons (Fsp3) is 0.222. The number of amides is 2. The Morgan fingerprint density at radius 1 is 1.17 bits per heavy atom. The van der Waals surface area contributed by atoms with Crippen LogP contribution in [-0.4, -0.2) is 22.8 Å². The van der Waals surface area contributed by atoms with Crippen LogP contribution in [0.3, 0.4) is 0 Å². The third-order valence-electron chi connectivity index (χ3n) is 4.01. The summed E-state index contributed by atoms with van der Waals surface area (Å²) in [6, 6.07) is 14.0. The van der Waals surface area contributed by atoms with Gasteiger partial charge in [0, 0.05) is 18.0 Å². The lowest BCUT2D eigenvalue weighted by Gasteiger charge is -2.24. The van der Waals surface area contributed by atoms with Crippen molar-refractivity contribution in [3.8, 4) is 0 Å². The maximum atomic E-state index is 12.6. The van der Waals surface area contributed by atoms with E-state index in [2.05, 4.69) is 5.32 Å². The molecule has 1 aliphatic heterocycles. The molecule has 4 nitrogen and oxygen atoms in total. The Labute approximate surface area is 150 Å². The molecule has 0 saturated carbocycles. The van der Waals surface area contributed by atoms with Crippen LogP contribution in [0.2, 0.25) is 10.0 Å². The van der Waals surface area contributed by atoms with Gasteiger partial charge in [0.1, 0.15) is 6.04 Å². The number of carbonyl (C=O) groups is 2. The molecule has 1 N–H and O–H groups in total. The molecule has 1 heterocycles. The largest absolute Gasteiger partial charge is 0.326 e. The smallest absolute Gasteiger partial charge is 0.247 e. The van der Waals surface area contributed by atoms with Gasteiger partial charge in [-0.2, -0.15) is 0 Å². The number of nitrogens with one attached hydrogen (secondary N) is 1. The highest BCUT2D eigenvalue weighted by Crippen LogP contribution is 2.28. The summed E-state index contributed by atoms with van der Waals surface area (Å²) in [5, 5.41) is 3.67. The number of carbonyl (C=O) groups excluding carboxylic acids is 2. The molecular formula is C18H16Cl2N2O2. The topological polar surface area (TPSA) is 49.4 Å². The van der Waals surface area contributed by atoms with Gasteiger partial charge in [-0.25, -0.2) is 0 Å². The Bertz CT molecular complexity index is 765. The van der Waals surface area contributed by atoms with Crippen LogP contribution in [0, 0.1) is 0 Å². The summed E-state index contributed by atoms with van der Waals surface area (Å²) >= 11 is 12.0. The monoisotopic (exact) mass is 362 g/mol. The molecule has 1 aliphatic rings. The van der Waals surface area contributed by atoms with Gasteiger partial charge >= 0.3 is 0 Å². The molecule has 1 unspecified atom stereocenters. The molecule has 2 aromatic carbocycles. The van der Waals surface area contributed by atoms with E-state index >= 15 is 0 Å². The third kappa shape index (κ3) is 3.71. The molecule has 0 bridgehead atoms. The van der Waals surface area contributed by atoms with Crippen molar-refractivity contribution in [2.45, 2.75) is 25.4 Å². The quantitative estimate of drug-likeness (QED) is 0.888. The molecule has 0 aliphatic carbocycles. The van der Waals surface area contributed by atoms with Crippen LogP contribution >= 0.6 is 23.2 Å². The van der Waals surface area contributed by atoms with Crippen LogP contribution in [0.4, 0.5) is 5.69 Å². The van der Waals surface area contributed by atoms with Crippen molar-refractivity contribution in [3.63, 3.8) is 0 Å². The van der Waals surface area contributed by atoms with E-state index in [9.17, 15) is 9.59 Å². The summed E-state index contributed by atoms with van der Waals surface area (Å²) in [6.07, 6.45) is 0.865. The van der Waals surface area contributed by atoms with Gasteiger partial charge in [0.15, 0.2) is 0 Å². The van der Waals surface area contributed by atoms with E-state index in [-0.39, 0.29) is 11.8 Å². The second-order valence-electron chi connectivity index (χ2n) is 5.68. The first-order chi connectivity index (χ1) is 11.5. The molecule has 6 heteroatoms. The molecule has 0 spiro atoms. The summed E-state index contributed by atoms with van der Waals surface area (Å²) in [7, 11) is 0. The third-order valence-corrected chi connectivity index (χ3v) is 4.58. The zero-order valence-electron chi connectivity index (χ0n) is 12.8. The molecule has 1 fully saturated rings. The summed E-state index contributed by atoms with van der Waals surface area (Å²) in [5.74, 6) is -0.267. The Morgan fingerprint density at radius 2 is 1.92 bits per heavy atom. The van der Waals surface area contributed by atoms with E-state index in [0.717, 1.165) is 5.56 Å². The second-order valence-corrected chi connectivity index (χ2v) is 6.52. The van der Waals surface area contributed by atoms with Crippen molar-refractivity contribution in [1.29, 1.82) is 0 Å². The number of likely N-dealkylation sites (tertiary alicyclic amines) is 1. The highest BCUT2D eigenvalue weighted by atomic mass is 35.5. The second kappa shape index (κ2) is 7.24. The number of hydrogen-bond donors (Lipinski definition) is 1. The molecule has 0 radical (unpaired) electrons.